The summed E-state index contributed by atoms with van der Waals surface area (Å²) in [6.45, 7) is 3.61. The van der Waals surface area contributed by atoms with E-state index in [9.17, 15) is 0 Å². The number of ether oxygens (including phenoxy) is 1. The number of halogens is 1. The minimum atomic E-state index is -0.206. The number of rotatable bonds is 5. The highest BCUT2D eigenvalue weighted by molar-refractivity contribution is 9.10. The van der Waals surface area contributed by atoms with Gasteiger partial charge in [-0.25, -0.2) is 0 Å². The first kappa shape index (κ1) is 19.2. The molecule has 28 heavy (non-hydrogen) atoms. The molecule has 3 nitrogen and oxygen atoms in total. The van der Waals surface area contributed by atoms with Gasteiger partial charge in [-0.3, -0.25) is 4.90 Å². The van der Waals surface area contributed by atoms with Crippen LogP contribution in [-0.2, 0) is 19.6 Å². The van der Waals surface area contributed by atoms with E-state index in [2.05, 4.69) is 70.2 Å². The van der Waals surface area contributed by atoms with E-state index < -0.39 is 0 Å². The molecule has 1 aliphatic heterocycles. The zero-order valence-corrected chi connectivity index (χ0v) is 17.6. The maximum Gasteiger partial charge on any atom is 0.126 e. The molecule has 0 saturated heterocycles. The molecule has 144 valence electrons. The topological polar surface area (TPSA) is 38.5 Å². The Morgan fingerprint density at radius 2 is 1.61 bits per heavy atom. The summed E-state index contributed by atoms with van der Waals surface area (Å²) >= 11 is 3.72. The Labute approximate surface area is 175 Å². The highest BCUT2D eigenvalue weighted by Gasteiger charge is 2.33. The van der Waals surface area contributed by atoms with Gasteiger partial charge in [0.15, 0.2) is 0 Å². The summed E-state index contributed by atoms with van der Waals surface area (Å²) in [5.41, 5.74) is 11.6. The van der Waals surface area contributed by atoms with Crippen LogP contribution >= 0.6 is 15.9 Å². The Kier molecular flexibility index (Phi) is 5.81. The van der Waals surface area contributed by atoms with Gasteiger partial charge in [-0.1, -0.05) is 76.6 Å². The van der Waals surface area contributed by atoms with Gasteiger partial charge >= 0.3 is 0 Å². The summed E-state index contributed by atoms with van der Waals surface area (Å²) < 4.78 is 7.33. The van der Waals surface area contributed by atoms with Crippen LogP contribution in [0.3, 0.4) is 0 Å². The molecule has 0 amide bonds. The van der Waals surface area contributed by atoms with Gasteiger partial charge in [0.25, 0.3) is 0 Å². The molecule has 0 fully saturated rings. The molecule has 3 aromatic rings. The van der Waals surface area contributed by atoms with Crippen LogP contribution in [-0.4, -0.2) is 10.9 Å². The second kappa shape index (κ2) is 8.48. The lowest BCUT2D eigenvalue weighted by Gasteiger charge is -2.41. The smallest absolute Gasteiger partial charge is 0.126 e. The van der Waals surface area contributed by atoms with Crippen LogP contribution in [0.5, 0.6) is 5.75 Å². The van der Waals surface area contributed by atoms with E-state index in [0.717, 1.165) is 34.3 Å². The lowest BCUT2D eigenvalue weighted by molar-refractivity contribution is 0.117. The minimum absolute atomic E-state index is 0.206. The third-order valence-corrected chi connectivity index (χ3v) is 6.17. The fraction of sp³-hybridized carbons (Fsp3) is 0.250. The van der Waals surface area contributed by atoms with Crippen LogP contribution in [0, 0.1) is 0 Å². The molecule has 0 spiro atoms. The van der Waals surface area contributed by atoms with E-state index in [-0.39, 0.29) is 6.17 Å². The molecule has 0 saturated carbocycles. The summed E-state index contributed by atoms with van der Waals surface area (Å²) in [6, 6.07) is 25.2. The van der Waals surface area contributed by atoms with Gasteiger partial charge in [0.05, 0.1) is 6.17 Å². The molecule has 4 rings (SSSR count). The van der Waals surface area contributed by atoms with Gasteiger partial charge in [0, 0.05) is 22.6 Å². The average molecular weight is 437 g/mol. The number of hydrogen-bond acceptors (Lipinski definition) is 3. The summed E-state index contributed by atoms with van der Waals surface area (Å²) in [7, 11) is 0. The fourth-order valence-electron chi connectivity index (χ4n) is 3.91. The molecular weight excluding hydrogens is 412 g/mol. The maximum atomic E-state index is 6.79. The summed E-state index contributed by atoms with van der Waals surface area (Å²) in [4.78, 5) is 2.36. The van der Waals surface area contributed by atoms with Crippen LogP contribution in [0.25, 0.3) is 0 Å². The predicted octanol–water partition coefficient (Wildman–Crippen LogP) is 5.43. The Hall–Kier alpha value is -2.14. The predicted molar refractivity (Wildman–Crippen MR) is 117 cm³/mol. The lowest BCUT2D eigenvalue weighted by Crippen LogP contribution is -2.45. The van der Waals surface area contributed by atoms with Crippen molar-refractivity contribution in [2.45, 2.75) is 38.7 Å². The van der Waals surface area contributed by atoms with Crippen LogP contribution in [0.1, 0.15) is 35.3 Å². The zero-order chi connectivity index (χ0) is 19.5. The largest absolute Gasteiger partial charge is 0.488 e. The fourth-order valence-corrected chi connectivity index (χ4v) is 4.42. The second-order valence-corrected chi connectivity index (χ2v) is 8.22. The Morgan fingerprint density at radius 3 is 2.29 bits per heavy atom. The van der Waals surface area contributed by atoms with Crippen LogP contribution < -0.4 is 10.5 Å². The van der Waals surface area contributed by atoms with E-state index in [1.54, 1.807) is 0 Å². The van der Waals surface area contributed by atoms with Crippen molar-refractivity contribution in [2.75, 3.05) is 0 Å². The SMILES string of the molecule is C[C@@H]1Cc2c(Br)ccc(OCc3ccccc3)c2[C@@H](N)N1Cc1ccccc1. The van der Waals surface area contributed by atoms with Gasteiger partial charge < -0.3 is 10.5 Å². The molecule has 1 heterocycles. The number of nitrogens with two attached hydrogens (primary N) is 1. The Morgan fingerprint density at radius 1 is 0.964 bits per heavy atom. The van der Waals surface area contributed by atoms with E-state index in [0.29, 0.717) is 12.6 Å². The van der Waals surface area contributed by atoms with E-state index in [1.165, 1.54) is 11.1 Å². The van der Waals surface area contributed by atoms with Gasteiger partial charge in [-0.05, 0) is 42.2 Å². The highest BCUT2D eigenvalue weighted by Crippen LogP contribution is 2.40. The highest BCUT2D eigenvalue weighted by atomic mass is 79.9. The summed E-state index contributed by atoms with van der Waals surface area (Å²) in [6.07, 6.45) is 0.737. The van der Waals surface area contributed by atoms with Crippen molar-refractivity contribution in [1.82, 2.24) is 4.90 Å². The van der Waals surface area contributed by atoms with Gasteiger partial charge in [-0.2, -0.15) is 0 Å². The van der Waals surface area contributed by atoms with E-state index in [4.69, 9.17) is 10.5 Å². The van der Waals surface area contributed by atoms with Crippen LogP contribution in [0.4, 0.5) is 0 Å². The van der Waals surface area contributed by atoms with Gasteiger partial charge in [-0.15, -0.1) is 0 Å². The first-order valence-electron chi connectivity index (χ1n) is 9.66. The zero-order valence-electron chi connectivity index (χ0n) is 16.0. The van der Waals surface area contributed by atoms with Crippen molar-refractivity contribution in [3.63, 3.8) is 0 Å². The van der Waals surface area contributed by atoms with Crippen molar-refractivity contribution in [2.24, 2.45) is 5.73 Å². The Bertz CT molecular complexity index is 930. The lowest BCUT2D eigenvalue weighted by atomic mass is 9.91. The van der Waals surface area contributed by atoms with Crippen molar-refractivity contribution in [1.29, 1.82) is 0 Å². The number of fused-ring (bicyclic) bond motifs is 1. The Balaban J connectivity index is 1.63. The first-order chi connectivity index (χ1) is 13.6. The quantitative estimate of drug-likeness (QED) is 0.578. The number of nitrogens with zero attached hydrogens (tertiary/aromatic N) is 1. The van der Waals surface area contributed by atoms with Crippen LogP contribution in [0.2, 0.25) is 0 Å². The maximum absolute atomic E-state index is 6.79. The molecule has 0 bridgehead atoms. The van der Waals surface area contributed by atoms with E-state index in [1.807, 2.05) is 30.3 Å². The molecule has 0 aromatic heterocycles. The molecule has 1 aliphatic rings. The normalized spacial score (nSPS) is 19.2. The van der Waals surface area contributed by atoms with Gasteiger partial charge in [0.1, 0.15) is 12.4 Å². The summed E-state index contributed by atoms with van der Waals surface area (Å²) in [5.74, 6) is 0.875. The molecule has 2 atom stereocenters. The first-order valence-corrected chi connectivity index (χ1v) is 10.5. The van der Waals surface area contributed by atoms with E-state index >= 15 is 0 Å². The molecule has 4 heteroatoms. The van der Waals surface area contributed by atoms with Crippen molar-refractivity contribution >= 4 is 15.9 Å². The molecule has 0 radical (unpaired) electrons. The summed E-state index contributed by atoms with van der Waals surface area (Å²) in [5, 5.41) is 0. The third kappa shape index (κ3) is 4.00. The van der Waals surface area contributed by atoms with Crippen molar-refractivity contribution in [3.05, 3.63) is 99.5 Å². The second-order valence-electron chi connectivity index (χ2n) is 7.37. The van der Waals surface area contributed by atoms with Gasteiger partial charge in [0.2, 0.25) is 0 Å². The number of benzene rings is 3. The molecule has 3 aromatic carbocycles. The molecule has 0 aliphatic carbocycles. The number of hydrogen-bond donors (Lipinski definition) is 1. The molecule has 2 N–H and O–H groups in total. The van der Waals surface area contributed by atoms with Crippen LogP contribution in [0.15, 0.2) is 77.3 Å². The van der Waals surface area contributed by atoms with Crippen molar-refractivity contribution < 1.29 is 4.74 Å². The average Bonchev–Trinajstić information content (AvgIpc) is 2.72. The molecule has 0 unspecified atom stereocenters. The van der Waals surface area contributed by atoms with Crippen molar-refractivity contribution in [3.8, 4) is 5.75 Å². The molecular formula is C24H25BrN2O. The monoisotopic (exact) mass is 436 g/mol. The third-order valence-electron chi connectivity index (χ3n) is 5.42. The standard InChI is InChI=1S/C24H25BrN2O/c1-17-14-20-21(25)12-13-22(28-16-19-10-6-3-7-11-19)23(20)24(26)27(17)15-18-8-4-2-5-9-18/h2-13,17,24H,14-16,26H2,1H3/t17-,24+/m1/s1. The minimum Gasteiger partial charge on any atom is -0.488 e.